The number of aliphatic imine (C=N–C) groups is 1. The summed E-state index contributed by atoms with van der Waals surface area (Å²) in [6.07, 6.45) is 9.04. The van der Waals surface area contributed by atoms with Crippen molar-refractivity contribution in [3.05, 3.63) is 24.4 Å². The molecule has 1 aromatic rings. The van der Waals surface area contributed by atoms with Crippen LogP contribution >= 0.6 is 24.0 Å². The second-order valence-electron chi connectivity index (χ2n) is 7.16. The van der Waals surface area contributed by atoms with Crippen molar-refractivity contribution in [3.8, 4) is 0 Å². The van der Waals surface area contributed by atoms with Crippen LogP contribution in [0.25, 0.3) is 0 Å². The molecule has 5 rings (SSSR count). The molecule has 0 aliphatic heterocycles. The van der Waals surface area contributed by atoms with Gasteiger partial charge in [-0.3, -0.25) is 4.99 Å². The van der Waals surface area contributed by atoms with Gasteiger partial charge in [0.05, 0.1) is 0 Å². The minimum absolute atomic E-state index is 0. The van der Waals surface area contributed by atoms with E-state index >= 15 is 0 Å². The van der Waals surface area contributed by atoms with Gasteiger partial charge in [-0.15, -0.1) is 24.0 Å². The Hall–Kier alpha value is -0.850. The summed E-state index contributed by atoms with van der Waals surface area (Å²) in [5.74, 6) is 5.90. The highest BCUT2D eigenvalue weighted by atomic mass is 127. The lowest BCUT2D eigenvalue weighted by Gasteiger charge is -2.54. The molecule has 3 N–H and O–H groups in total. The van der Waals surface area contributed by atoms with Gasteiger partial charge in [0.2, 0.25) is 0 Å². The van der Waals surface area contributed by atoms with Crippen molar-refractivity contribution in [2.45, 2.75) is 32.1 Å². The largest absolute Gasteiger partial charge is 0.370 e. The Morgan fingerprint density at radius 3 is 2.41 bits per heavy atom. The average molecular weight is 412 g/mol. The number of nitrogens with zero attached hydrogens (tertiary/aromatic N) is 2. The maximum absolute atomic E-state index is 6.01. The van der Waals surface area contributed by atoms with E-state index in [1.54, 1.807) is 6.20 Å². The molecule has 0 aromatic carbocycles. The van der Waals surface area contributed by atoms with Gasteiger partial charge >= 0.3 is 0 Å². The number of anilines is 1. The lowest BCUT2D eigenvalue weighted by atomic mass is 9.52. The van der Waals surface area contributed by atoms with Gasteiger partial charge in [-0.25, -0.2) is 4.98 Å². The van der Waals surface area contributed by atoms with Crippen LogP contribution in [0.15, 0.2) is 29.4 Å². The molecule has 0 spiro atoms. The van der Waals surface area contributed by atoms with Crippen molar-refractivity contribution in [1.29, 1.82) is 0 Å². The fourth-order valence-corrected chi connectivity index (χ4v) is 5.15. The number of nitrogens with two attached hydrogens (primary N) is 1. The highest BCUT2D eigenvalue weighted by molar-refractivity contribution is 14.0. The lowest BCUT2D eigenvalue weighted by molar-refractivity contribution is -0.0319. The van der Waals surface area contributed by atoms with Crippen molar-refractivity contribution >= 4 is 35.8 Å². The van der Waals surface area contributed by atoms with Crippen molar-refractivity contribution in [2.75, 3.05) is 11.9 Å². The van der Waals surface area contributed by atoms with E-state index in [2.05, 4.69) is 15.3 Å². The predicted molar refractivity (Wildman–Crippen MR) is 100 cm³/mol. The highest BCUT2D eigenvalue weighted by Gasteiger charge is 2.47. The Labute approximate surface area is 149 Å². The summed E-state index contributed by atoms with van der Waals surface area (Å²) in [6.45, 7) is 0.889. The molecule has 4 nitrogen and oxygen atoms in total. The van der Waals surface area contributed by atoms with Gasteiger partial charge in [-0.05, 0) is 73.8 Å². The Morgan fingerprint density at radius 1 is 1.14 bits per heavy atom. The summed E-state index contributed by atoms with van der Waals surface area (Å²) >= 11 is 0. The molecule has 4 fully saturated rings. The van der Waals surface area contributed by atoms with Crippen LogP contribution in [0.4, 0.5) is 5.82 Å². The van der Waals surface area contributed by atoms with Crippen LogP contribution in [0.5, 0.6) is 0 Å². The molecule has 22 heavy (non-hydrogen) atoms. The van der Waals surface area contributed by atoms with Crippen molar-refractivity contribution in [1.82, 2.24) is 4.98 Å². The molecule has 1 aromatic heterocycles. The molecule has 0 amide bonds. The Balaban J connectivity index is 0.00000144. The summed E-state index contributed by atoms with van der Waals surface area (Å²) in [4.78, 5) is 8.82. The minimum atomic E-state index is 0. The first-order chi connectivity index (χ1) is 10.3. The Bertz CT molecular complexity index is 503. The molecule has 4 aliphatic rings. The van der Waals surface area contributed by atoms with Crippen LogP contribution in [-0.4, -0.2) is 17.5 Å². The average Bonchev–Trinajstić information content (AvgIpc) is 2.47. The third-order valence-corrected chi connectivity index (χ3v) is 5.82. The fourth-order valence-electron chi connectivity index (χ4n) is 5.15. The van der Waals surface area contributed by atoms with Crippen molar-refractivity contribution in [3.63, 3.8) is 0 Å². The maximum Gasteiger partial charge on any atom is 0.194 e. The molecule has 1 heterocycles. The third-order valence-electron chi connectivity index (χ3n) is 5.82. The minimum Gasteiger partial charge on any atom is -0.370 e. The molecule has 0 saturated heterocycles. The Kier molecular flexibility index (Phi) is 4.90. The molecule has 120 valence electrons. The summed E-state index contributed by atoms with van der Waals surface area (Å²) in [5, 5.41) is 3.08. The molecule has 0 unspecified atom stereocenters. The van der Waals surface area contributed by atoms with Gasteiger partial charge in [0.25, 0.3) is 0 Å². The summed E-state index contributed by atoms with van der Waals surface area (Å²) in [7, 11) is 0. The molecule has 4 aliphatic carbocycles. The summed E-state index contributed by atoms with van der Waals surface area (Å²) < 4.78 is 0. The number of hydrogen-bond donors (Lipinski definition) is 2. The first-order valence-corrected chi connectivity index (χ1v) is 8.26. The predicted octanol–water partition coefficient (Wildman–Crippen LogP) is 3.50. The van der Waals surface area contributed by atoms with Crippen LogP contribution < -0.4 is 11.1 Å². The third kappa shape index (κ3) is 3.24. The number of pyridine rings is 1. The normalized spacial score (nSPS) is 36.0. The number of nitrogens with one attached hydrogen (secondary N) is 1. The number of halogens is 1. The summed E-state index contributed by atoms with van der Waals surface area (Å²) in [6, 6.07) is 5.75. The number of aromatic nitrogens is 1. The highest BCUT2D eigenvalue weighted by Crippen LogP contribution is 2.56. The molecular weight excluding hydrogens is 387 g/mol. The van der Waals surface area contributed by atoms with Crippen LogP contribution in [0, 0.1) is 29.6 Å². The topological polar surface area (TPSA) is 63.3 Å². The van der Waals surface area contributed by atoms with E-state index in [1.165, 1.54) is 32.1 Å². The summed E-state index contributed by atoms with van der Waals surface area (Å²) in [5.41, 5.74) is 6.01. The SMILES string of the molecule is I.NC(=NCC1C2CC3CC(C2)CC1C3)Nc1ccccn1. The van der Waals surface area contributed by atoms with Gasteiger partial charge in [-0.1, -0.05) is 6.07 Å². The molecule has 4 bridgehead atoms. The van der Waals surface area contributed by atoms with Crippen LogP contribution in [0.3, 0.4) is 0 Å². The second kappa shape index (κ2) is 6.72. The van der Waals surface area contributed by atoms with Gasteiger partial charge in [-0.2, -0.15) is 0 Å². The van der Waals surface area contributed by atoms with Crippen LogP contribution in [0.1, 0.15) is 32.1 Å². The van der Waals surface area contributed by atoms with Gasteiger partial charge in [0.15, 0.2) is 5.96 Å². The van der Waals surface area contributed by atoms with Gasteiger partial charge in [0, 0.05) is 12.7 Å². The maximum atomic E-state index is 6.01. The van der Waals surface area contributed by atoms with Crippen molar-refractivity contribution in [2.24, 2.45) is 40.3 Å². The quantitative estimate of drug-likeness (QED) is 0.454. The number of rotatable bonds is 3. The van der Waals surface area contributed by atoms with E-state index in [0.29, 0.717) is 5.96 Å². The van der Waals surface area contributed by atoms with E-state index in [0.717, 1.165) is 42.0 Å². The van der Waals surface area contributed by atoms with E-state index in [-0.39, 0.29) is 24.0 Å². The number of hydrogen-bond acceptors (Lipinski definition) is 2. The zero-order valence-electron chi connectivity index (χ0n) is 12.8. The first-order valence-electron chi connectivity index (χ1n) is 8.26. The Morgan fingerprint density at radius 2 is 1.82 bits per heavy atom. The monoisotopic (exact) mass is 412 g/mol. The van der Waals surface area contributed by atoms with Crippen LogP contribution in [0.2, 0.25) is 0 Å². The number of guanidine groups is 1. The standard InChI is InChI=1S/C17H24N4.HI/c18-17(21-16-3-1-2-4-19-16)20-10-15-13-6-11-5-12(8-13)9-14(15)7-11;/h1-4,11-15H,5-10H2,(H3,18,19,20,21);1H. The van der Waals surface area contributed by atoms with Gasteiger partial charge in [0.1, 0.15) is 5.82 Å². The first kappa shape index (κ1) is 16.0. The lowest BCUT2D eigenvalue weighted by Crippen LogP contribution is -2.46. The van der Waals surface area contributed by atoms with Crippen LogP contribution in [-0.2, 0) is 0 Å². The van der Waals surface area contributed by atoms with E-state index in [9.17, 15) is 0 Å². The van der Waals surface area contributed by atoms with Gasteiger partial charge < -0.3 is 11.1 Å². The molecule has 5 heteroatoms. The zero-order valence-corrected chi connectivity index (χ0v) is 15.1. The molecule has 0 atom stereocenters. The molecule has 4 saturated carbocycles. The zero-order chi connectivity index (χ0) is 14.2. The van der Waals surface area contributed by atoms with Crippen molar-refractivity contribution < 1.29 is 0 Å². The fraction of sp³-hybridized carbons (Fsp3) is 0.647. The molecular formula is C17H25IN4. The van der Waals surface area contributed by atoms with E-state index < -0.39 is 0 Å². The smallest absolute Gasteiger partial charge is 0.194 e. The van der Waals surface area contributed by atoms with E-state index in [1.807, 2.05) is 18.2 Å². The van der Waals surface area contributed by atoms with E-state index in [4.69, 9.17) is 5.73 Å². The molecule has 0 radical (unpaired) electrons. The second-order valence-corrected chi connectivity index (χ2v) is 7.16.